The van der Waals surface area contributed by atoms with Crippen LogP contribution in [0.25, 0.3) is 0 Å². The Balaban J connectivity index is 2.57. The van der Waals surface area contributed by atoms with Gasteiger partial charge < -0.3 is 0 Å². The molecule has 0 aliphatic heterocycles. The van der Waals surface area contributed by atoms with Crippen LogP contribution in [0.3, 0.4) is 0 Å². The normalized spacial score (nSPS) is 12.6. The third-order valence-corrected chi connectivity index (χ3v) is 3.47. The van der Waals surface area contributed by atoms with E-state index >= 15 is 0 Å². The van der Waals surface area contributed by atoms with Crippen LogP contribution in [0.1, 0.15) is 76.0 Å². The van der Waals surface area contributed by atoms with Gasteiger partial charge in [0.05, 0.1) is 0 Å². The second kappa shape index (κ2) is 8.27. The molecule has 1 unspecified atom stereocenters. The summed E-state index contributed by atoms with van der Waals surface area (Å²) in [5, 5.41) is 0. The van der Waals surface area contributed by atoms with Gasteiger partial charge in [-0.25, -0.2) is 0 Å². The predicted molar refractivity (Wildman–Crippen MR) is 75.4 cm³/mol. The van der Waals surface area contributed by atoms with Gasteiger partial charge in [-0.15, -0.1) is 0 Å². The standard InChI is InChI=1S/C16H27N/c1-4-6-8-10-15(9-7-5-2)16-12-11-14(3)17-13-16/h11-13,15H,4-10H2,1-3H3. The van der Waals surface area contributed by atoms with Crippen molar-refractivity contribution in [1.29, 1.82) is 0 Å². The summed E-state index contributed by atoms with van der Waals surface area (Å²) in [5.41, 5.74) is 2.57. The van der Waals surface area contributed by atoms with Gasteiger partial charge in [0, 0.05) is 11.9 Å². The van der Waals surface area contributed by atoms with Crippen LogP contribution in [0.4, 0.5) is 0 Å². The highest BCUT2D eigenvalue weighted by atomic mass is 14.7. The molecule has 0 aliphatic carbocycles. The number of rotatable bonds is 8. The van der Waals surface area contributed by atoms with Gasteiger partial charge in [-0.3, -0.25) is 4.98 Å². The maximum absolute atomic E-state index is 4.44. The van der Waals surface area contributed by atoms with Crippen molar-refractivity contribution in [3.05, 3.63) is 29.6 Å². The largest absolute Gasteiger partial charge is 0.261 e. The van der Waals surface area contributed by atoms with Crippen molar-refractivity contribution >= 4 is 0 Å². The molecule has 0 amide bonds. The van der Waals surface area contributed by atoms with E-state index in [1.807, 2.05) is 0 Å². The summed E-state index contributed by atoms with van der Waals surface area (Å²) in [6.45, 7) is 6.60. The average molecular weight is 233 g/mol. The van der Waals surface area contributed by atoms with Crippen LogP contribution < -0.4 is 0 Å². The fourth-order valence-electron chi connectivity index (χ4n) is 2.29. The van der Waals surface area contributed by atoms with Crippen molar-refractivity contribution in [1.82, 2.24) is 4.98 Å². The number of pyridine rings is 1. The number of hydrogen-bond donors (Lipinski definition) is 0. The first kappa shape index (κ1) is 14.2. The van der Waals surface area contributed by atoms with Gasteiger partial charge in [0.15, 0.2) is 0 Å². The fraction of sp³-hybridized carbons (Fsp3) is 0.688. The molecule has 1 nitrogen and oxygen atoms in total. The lowest BCUT2D eigenvalue weighted by molar-refractivity contribution is 0.514. The molecule has 1 atom stereocenters. The number of unbranched alkanes of at least 4 members (excludes halogenated alkanes) is 3. The van der Waals surface area contributed by atoms with Crippen LogP contribution in [-0.2, 0) is 0 Å². The summed E-state index contributed by atoms with van der Waals surface area (Å²) in [7, 11) is 0. The van der Waals surface area contributed by atoms with E-state index in [2.05, 4.69) is 44.1 Å². The minimum Gasteiger partial charge on any atom is -0.261 e. The SMILES string of the molecule is CCCCCC(CCCC)c1ccc(C)nc1. The molecular formula is C16H27N. The number of aryl methyl sites for hydroxylation is 1. The summed E-state index contributed by atoms with van der Waals surface area (Å²) in [6.07, 6.45) is 11.4. The molecule has 0 aliphatic rings. The van der Waals surface area contributed by atoms with E-state index in [-0.39, 0.29) is 0 Å². The molecule has 1 aromatic heterocycles. The molecule has 0 saturated heterocycles. The molecule has 1 heteroatoms. The molecule has 0 aromatic carbocycles. The van der Waals surface area contributed by atoms with Crippen molar-refractivity contribution in [2.45, 2.75) is 71.6 Å². The highest BCUT2D eigenvalue weighted by Crippen LogP contribution is 2.27. The smallest absolute Gasteiger partial charge is 0.0372 e. The lowest BCUT2D eigenvalue weighted by atomic mass is 9.89. The van der Waals surface area contributed by atoms with Gasteiger partial charge in [-0.2, -0.15) is 0 Å². The second-order valence-electron chi connectivity index (χ2n) is 5.07. The first-order valence-electron chi connectivity index (χ1n) is 7.20. The minimum absolute atomic E-state index is 0.731. The van der Waals surface area contributed by atoms with Gasteiger partial charge >= 0.3 is 0 Å². The first-order chi connectivity index (χ1) is 8.27. The van der Waals surface area contributed by atoms with Crippen molar-refractivity contribution in [2.24, 2.45) is 0 Å². The Kier molecular flexibility index (Phi) is 6.91. The lowest BCUT2D eigenvalue weighted by Crippen LogP contribution is -2.00. The summed E-state index contributed by atoms with van der Waals surface area (Å²) >= 11 is 0. The molecule has 0 spiro atoms. The van der Waals surface area contributed by atoms with Crippen LogP contribution in [0, 0.1) is 6.92 Å². The highest BCUT2D eigenvalue weighted by molar-refractivity contribution is 5.17. The van der Waals surface area contributed by atoms with Gasteiger partial charge in [0.2, 0.25) is 0 Å². The van der Waals surface area contributed by atoms with Crippen LogP contribution in [0.15, 0.2) is 18.3 Å². The molecule has 1 aromatic rings. The average Bonchev–Trinajstić information content (AvgIpc) is 2.35. The number of hydrogen-bond acceptors (Lipinski definition) is 1. The Morgan fingerprint density at radius 1 is 1.00 bits per heavy atom. The minimum atomic E-state index is 0.731. The van der Waals surface area contributed by atoms with E-state index in [9.17, 15) is 0 Å². The third kappa shape index (κ3) is 5.34. The van der Waals surface area contributed by atoms with Crippen molar-refractivity contribution in [3.8, 4) is 0 Å². The third-order valence-electron chi connectivity index (χ3n) is 3.47. The zero-order valence-corrected chi connectivity index (χ0v) is 11.7. The molecule has 1 heterocycles. The van der Waals surface area contributed by atoms with Gasteiger partial charge in [-0.1, -0.05) is 52.0 Å². The topological polar surface area (TPSA) is 12.9 Å². The molecule has 96 valence electrons. The summed E-state index contributed by atoms with van der Waals surface area (Å²) in [5.74, 6) is 0.731. The zero-order chi connectivity index (χ0) is 12.5. The van der Waals surface area contributed by atoms with Crippen LogP contribution in [-0.4, -0.2) is 4.98 Å². The van der Waals surface area contributed by atoms with Gasteiger partial charge in [0.1, 0.15) is 0 Å². The van der Waals surface area contributed by atoms with E-state index in [1.165, 1.54) is 50.5 Å². The molecule has 0 bridgehead atoms. The molecule has 1 rings (SSSR count). The molecule has 0 fully saturated rings. The maximum atomic E-state index is 4.44. The molecular weight excluding hydrogens is 206 g/mol. The molecule has 17 heavy (non-hydrogen) atoms. The van der Waals surface area contributed by atoms with Crippen molar-refractivity contribution in [3.63, 3.8) is 0 Å². The first-order valence-corrected chi connectivity index (χ1v) is 7.20. The quantitative estimate of drug-likeness (QED) is 0.559. The predicted octanol–water partition coefficient (Wildman–Crippen LogP) is 5.24. The molecule has 0 N–H and O–H groups in total. The summed E-state index contributed by atoms with van der Waals surface area (Å²) in [6, 6.07) is 4.42. The van der Waals surface area contributed by atoms with E-state index in [1.54, 1.807) is 0 Å². The van der Waals surface area contributed by atoms with E-state index in [4.69, 9.17) is 0 Å². The monoisotopic (exact) mass is 233 g/mol. The van der Waals surface area contributed by atoms with Gasteiger partial charge in [0.25, 0.3) is 0 Å². The van der Waals surface area contributed by atoms with Crippen molar-refractivity contribution in [2.75, 3.05) is 0 Å². The Bertz CT molecular complexity index is 289. The van der Waals surface area contributed by atoms with Crippen LogP contribution >= 0.6 is 0 Å². The Labute approximate surface area is 107 Å². The summed E-state index contributed by atoms with van der Waals surface area (Å²) in [4.78, 5) is 4.44. The van der Waals surface area contributed by atoms with E-state index < -0.39 is 0 Å². The van der Waals surface area contributed by atoms with E-state index in [0.717, 1.165) is 11.6 Å². The molecule has 0 saturated carbocycles. The Hall–Kier alpha value is -0.850. The zero-order valence-electron chi connectivity index (χ0n) is 11.7. The van der Waals surface area contributed by atoms with Gasteiger partial charge in [-0.05, 0) is 37.3 Å². The maximum Gasteiger partial charge on any atom is 0.0372 e. The molecule has 0 radical (unpaired) electrons. The van der Waals surface area contributed by atoms with E-state index in [0.29, 0.717) is 0 Å². The number of aromatic nitrogens is 1. The Morgan fingerprint density at radius 3 is 2.29 bits per heavy atom. The number of nitrogens with zero attached hydrogens (tertiary/aromatic N) is 1. The van der Waals surface area contributed by atoms with Crippen molar-refractivity contribution < 1.29 is 0 Å². The van der Waals surface area contributed by atoms with Crippen LogP contribution in [0.2, 0.25) is 0 Å². The van der Waals surface area contributed by atoms with Crippen LogP contribution in [0.5, 0.6) is 0 Å². The Morgan fingerprint density at radius 2 is 1.71 bits per heavy atom. The highest BCUT2D eigenvalue weighted by Gasteiger charge is 2.10. The lowest BCUT2D eigenvalue weighted by Gasteiger charge is -2.16. The summed E-state index contributed by atoms with van der Waals surface area (Å²) < 4.78 is 0. The fourth-order valence-corrected chi connectivity index (χ4v) is 2.29. The second-order valence-corrected chi connectivity index (χ2v) is 5.07.